The highest BCUT2D eigenvalue weighted by atomic mass is 16.5. The zero-order valence-corrected chi connectivity index (χ0v) is 12.7. The largest absolute Gasteiger partial charge is 0.480 e. The van der Waals surface area contributed by atoms with E-state index in [1.54, 1.807) is 21.1 Å². The first-order valence-electron chi connectivity index (χ1n) is 6.74. The second-order valence-corrected chi connectivity index (χ2v) is 4.62. The molecule has 0 aliphatic rings. The van der Waals surface area contributed by atoms with Crippen molar-refractivity contribution in [1.82, 2.24) is 10.2 Å². The standard InChI is InChI=1S/C13H26N2O5/c1-5-10(2)11(12(16)17)14-13(18)15(6-8-19-3)7-9-20-4/h10-11H,5-9H2,1-4H3,(H,14,18)(H,16,17). The number of hydrogen-bond donors (Lipinski definition) is 2. The van der Waals surface area contributed by atoms with Gasteiger partial charge in [-0.15, -0.1) is 0 Å². The van der Waals surface area contributed by atoms with Crippen LogP contribution in [0.15, 0.2) is 0 Å². The van der Waals surface area contributed by atoms with Crippen molar-refractivity contribution < 1.29 is 24.2 Å². The molecule has 0 fully saturated rings. The quantitative estimate of drug-likeness (QED) is 0.621. The summed E-state index contributed by atoms with van der Waals surface area (Å²) in [5, 5.41) is 11.7. The molecule has 0 rings (SSSR count). The normalized spacial score (nSPS) is 13.6. The average Bonchev–Trinajstić information content (AvgIpc) is 2.43. The molecule has 2 atom stereocenters. The SMILES string of the molecule is CCC(C)C(NC(=O)N(CCOC)CCOC)C(=O)O. The number of urea groups is 1. The Bertz CT molecular complexity index is 290. The summed E-state index contributed by atoms with van der Waals surface area (Å²) >= 11 is 0. The predicted octanol–water partition coefficient (Wildman–Crippen LogP) is 0.790. The highest BCUT2D eigenvalue weighted by molar-refractivity contribution is 5.82. The van der Waals surface area contributed by atoms with E-state index in [4.69, 9.17) is 9.47 Å². The summed E-state index contributed by atoms with van der Waals surface area (Å²) in [5.41, 5.74) is 0. The topological polar surface area (TPSA) is 88.1 Å². The molecule has 0 radical (unpaired) electrons. The molecule has 0 aliphatic carbocycles. The number of methoxy groups -OCH3 is 2. The lowest BCUT2D eigenvalue weighted by molar-refractivity contribution is -0.140. The monoisotopic (exact) mass is 290 g/mol. The Balaban J connectivity index is 4.64. The molecule has 0 saturated heterocycles. The number of carbonyl (C=O) groups is 2. The fraction of sp³-hybridized carbons (Fsp3) is 0.846. The van der Waals surface area contributed by atoms with Crippen LogP contribution in [0.25, 0.3) is 0 Å². The number of nitrogens with zero attached hydrogens (tertiary/aromatic N) is 1. The number of carboxylic acid groups (broad SMARTS) is 1. The van der Waals surface area contributed by atoms with E-state index >= 15 is 0 Å². The van der Waals surface area contributed by atoms with Crippen molar-refractivity contribution in [3.05, 3.63) is 0 Å². The zero-order chi connectivity index (χ0) is 15.5. The third-order valence-corrected chi connectivity index (χ3v) is 3.18. The lowest BCUT2D eigenvalue weighted by Gasteiger charge is -2.26. The van der Waals surface area contributed by atoms with Crippen molar-refractivity contribution in [2.24, 2.45) is 5.92 Å². The van der Waals surface area contributed by atoms with Gasteiger partial charge in [0.15, 0.2) is 0 Å². The summed E-state index contributed by atoms with van der Waals surface area (Å²) in [6, 6.07) is -1.30. The van der Waals surface area contributed by atoms with E-state index < -0.39 is 18.0 Å². The Morgan fingerprint density at radius 3 is 2.05 bits per heavy atom. The Labute approximate surface area is 120 Å². The molecule has 20 heavy (non-hydrogen) atoms. The van der Waals surface area contributed by atoms with E-state index in [0.717, 1.165) is 0 Å². The van der Waals surface area contributed by atoms with Gasteiger partial charge in [-0.2, -0.15) is 0 Å². The summed E-state index contributed by atoms with van der Waals surface area (Å²) < 4.78 is 9.89. The maximum atomic E-state index is 12.1. The Kier molecular flexibility index (Phi) is 9.75. The lowest BCUT2D eigenvalue weighted by Crippen LogP contribution is -2.51. The van der Waals surface area contributed by atoms with E-state index in [2.05, 4.69) is 5.32 Å². The third kappa shape index (κ3) is 6.72. The molecule has 0 aliphatic heterocycles. The van der Waals surface area contributed by atoms with Gasteiger partial charge in [-0.25, -0.2) is 9.59 Å². The fourth-order valence-electron chi connectivity index (χ4n) is 1.63. The minimum atomic E-state index is -1.02. The van der Waals surface area contributed by atoms with Gasteiger partial charge < -0.3 is 24.8 Å². The minimum absolute atomic E-state index is 0.136. The van der Waals surface area contributed by atoms with Crippen LogP contribution in [0, 0.1) is 5.92 Å². The van der Waals surface area contributed by atoms with Gasteiger partial charge >= 0.3 is 12.0 Å². The van der Waals surface area contributed by atoms with Crippen molar-refractivity contribution >= 4 is 12.0 Å². The van der Waals surface area contributed by atoms with E-state index in [9.17, 15) is 14.7 Å². The maximum Gasteiger partial charge on any atom is 0.326 e. The summed E-state index contributed by atoms with van der Waals surface area (Å²) in [6.45, 7) is 5.24. The van der Waals surface area contributed by atoms with Gasteiger partial charge in [-0.05, 0) is 5.92 Å². The molecule has 118 valence electrons. The van der Waals surface area contributed by atoms with Gasteiger partial charge in [0, 0.05) is 27.3 Å². The van der Waals surface area contributed by atoms with Crippen LogP contribution in [0.3, 0.4) is 0 Å². The molecule has 2 unspecified atom stereocenters. The zero-order valence-electron chi connectivity index (χ0n) is 12.7. The smallest absolute Gasteiger partial charge is 0.326 e. The van der Waals surface area contributed by atoms with Crippen molar-refractivity contribution in [2.75, 3.05) is 40.5 Å². The molecule has 7 heteroatoms. The number of amides is 2. The number of nitrogens with one attached hydrogen (secondary N) is 1. The summed E-state index contributed by atoms with van der Waals surface area (Å²) in [5.74, 6) is -1.16. The van der Waals surface area contributed by atoms with E-state index in [1.165, 1.54) is 4.90 Å². The predicted molar refractivity (Wildman–Crippen MR) is 74.7 cm³/mol. The second-order valence-electron chi connectivity index (χ2n) is 4.62. The van der Waals surface area contributed by atoms with Crippen LogP contribution in [0.1, 0.15) is 20.3 Å². The average molecular weight is 290 g/mol. The molecular formula is C13H26N2O5. The number of carbonyl (C=O) groups excluding carboxylic acids is 1. The van der Waals surface area contributed by atoms with Gasteiger partial charge in [0.2, 0.25) is 0 Å². The number of carboxylic acids is 1. The molecule has 0 aromatic rings. The molecule has 0 aromatic carbocycles. The Morgan fingerprint density at radius 2 is 1.70 bits per heavy atom. The highest BCUT2D eigenvalue weighted by Gasteiger charge is 2.27. The molecule has 2 amide bonds. The third-order valence-electron chi connectivity index (χ3n) is 3.18. The molecular weight excluding hydrogens is 264 g/mol. The van der Waals surface area contributed by atoms with Crippen LogP contribution in [-0.2, 0) is 14.3 Å². The molecule has 2 N–H and O–H groups in total. The van der Waals surface area contributed by atoms with Crippen molar-refractivity contribution in [3.8, 4) is 0 Å². The number of rotatable bonds is 10. The van der Waals surface area contributed by atoms with Crippen LogP contribution in [-0.4, -0.2) is 68.6 Å². The first-order chi connectivity index (χ1) is 9.47. The van der Waals surface area contributed by atoms with E-state index in [-0.39, 0.29) is 5.92 Å². The van der Waals surface area contributed by atoms with E-state index in [0.29, 0.717) is 32.7 Å². The number of aliphatic carboxylic acids is 1. The van der Waals surface area contributed by atoms with Gasteiger partial charge in [-0.3, -0.25) is 0 Å². The summed E-state index contributed by atoms with van der Waals surface area (Å²) in [7, 11) is 3.09. The summed E-state index contributed by atoms with van der Waals surface area (Å²) in [6.07, 6.45) is 0.674. The van der Waals surface area contributed by atoms with Crippen molar-refractivity contribution in [1.29, 1.82) is 0 Å². The van der Waals surface area contributed by atoms with E-state index in [1.807, 2.05) is 6.92 Å². The van der Waals surface area contributed by atoms with Crippen LogP contribution >= 0.6 is 0 Å². The minimum Gasteiger partial charge on any atom is -0.480 e. The fourth-order valence-corrected chi connectivity index (χ4v) is 1.63. The van der Waals surface area contributed by atoms with Crippen LogP contribution < -0.4 is 5.32 Å². The highest BCUT2D eigenvalue weighted by Crippen LogP contribution is 2.08. The first kappa shape index (κ1) is 18.7. The van der Waals surface area contributed by atoms with Gasteiger partial charge in [0.05, 0.1) is 13.2 Å². The number of ether oxygens (including phenoxy) is 2. The summed E-state index contributed by atoms with van der Waals surface area (Å²) in [4.78, 5) is 24.8. The van der Waals surface area contributed by atoms with Gasteiger partial charge in [0.25, 0.3) is 0 Å². The molecule has 0 aromatic heterocycles. The molecule has 7 nitrogen and oxygen atoms in total. The van der Waals surface area contributed by atoms with Crippen molar-refractivity contribution in [3.63, 3.8) is 0 Å². The van der Waals surface area contributed by atoms with Crippen LogP contribution in [0.2, 0.25) is 0 Å². The van der Waals surface area contributed by atoms with Crippen molar-refractivity contribution in [2.45, 2.75) is 26.3 Å². The first-order valence-corrected chi connectivity index (χ1v) is 6.74. The molecule has 0 bridgehead atoms. The van der Waals surface area contributed by atoms with Gasteiger partial charge in [0.1, 0.15) is 6.04 Å². The van der Waals surface area contributed by atoms with Gasteiger partial charge in [-0.1, -0.05) is 20.3 Å². The second kappa shape index (κ2) is 10.4. The Hall–Kier alpha value is -1.34. The van der Waals surface area contributed by atoms with Crippen LogP contribution in [0.5, 0.6) is 0 Å². The van der Waals surface area contributed by atoms with Crippen LogP contribution in [0.4, 0.5) is 4.79 Å². The molecule has 0 heterocycles. The molecule has 0 spiro atoms. The maximum absolute atomic E-state index is 12.1. The Morgan fingerprint density at radius 1 is 1.20 bits per heavy atom. The lowest BCUT2D eigenvalue weighted by atomic mass is 9.99. The molecule has 0 saturated carbocycles. The number of hydrogen-bond acceptors (Lipinski definition) is 4.